The van der Waals surface area contributed by atoms with Crippen molar-refractivity contribution in [3.63, 3.8) is 0 Å². The number of aliphatic hydroxyl groups is 1. The number of hydrogen-bond donors (Lipinski definition) is 1. The van der Waals surface area contributed by atoms with Gasteiger partial charge in [0.25, 0.3) is 0 Å². The first kappa shape index (κ1) is 38.7. The first-order valence-corrected chi connectivity index (χ1v) is 21.2. The number of likely N-dealkylation sites (tertiary alicyclic amines) is 1. The third-order valence-corrected chi connectivity index (χ3v) is 17.4. The van der Waals surface area contributed by atoms with Crippen molar-refractivity contribution in [3.8, 4) is 0 Å². The molecule has 300 valence electrons. The summed E-state index contributed by atoms with van der Waals surface area (Å²) in [5.41, 5.74) is -1.41. The summed E-state index contributed by atoms with van der Waals surface area (Å²) in [6.07, 6.45) is 6.71. The molecule has 8 aliphatic rings. The molecule has 3 heterocycles. The van der Waals surface area contributed by atoms with E-state index in [-0.39, 0.29) is 51.7 Å². The molecule has 0 aromatic heterocycles. The number of ketones is 1. The standard InChI is InChI=1S/C43H70N2O8/c1-26-20-29(37(39(5,6)48)51-27(2)46)52-35-34(26)40(7)14-15-43-25-42(43)13-12-32(38(3,4)30(42)10-11-31(43)41(40,8)36(35)47)53-33-24-45(17-19-50-33)23-28-21-44(22-28)16-18-49-9/h26,28-35,37,48H,10-25H2,1-9H3/t26-,29?,30+,31?,32+,33+,34+,35?,37+,40-,41-,42?,43+/m1/s1. The van der Waals surface area contributed by atoms with Crippen molar-refractivity contribution >= 4 is 11.8 Å². The number of ether oxygens (including phenoxy) is 5. The summed E-state index contributed by atoms with van der Waals surface area (Å²) in [7, 11) is 1.78. The predicted molar refractivity (Wildman–Crippen MR) is 200 cm³/mol. The molecule has 8 fully saturated rings. The Bertz CT molecular complexity index is 1430. The lowest BCUT2D eigenvalue weighted by Crippen LogP contribution is -2.60. The quantitative estimate of drug-likeness (QED) is 0.296. The second-order valence-electron chi connectivity index (χ2n) is 20.8. The van der Waals surface area contributed by atoms with Gasteiger partial charge in [0.2, 0.25) is 0 Å². The second kappa shape index (κ2) is 13.2. The minimum atomic E-state index is -1.28. The van der Waals surface area contributed by atoms with Crippen LogP contribution < -0.4 is 0 Å². The van der Waals surface area contributed by atoms with E-state index in [2.05, 4.69) is 44.4 Å². The number of carbonyl (C=O) groups is 2. The van der Waals surface area contributed by atoms with E-state index in [0.717, 1.165) is 78.2 Å². The second-order valence-corrected chi connectivity index (χ2v) is 20.8. The predicted octanol–water partition coefficient (Wildman–Crippen LogP) is 5.33. The maximum absolute atomic E-state index is 15.1. The third-order valence-electron chi connectivity index (χ3n) is 17.4. The van der Waals surface area contributed by atoms with Crippen molar-refractivity contribution in [2.24, 2.45) is 56.7 Å². The number of esters is 1. The molecule has 8 rings (SSSR count). The van der Waals surface area contributed by atoms with Crippen molar-refractivity contribution in [1.82, 2.24) is 9.80 Å². The molecular weight excluding hydrogens is 672 g/mol. The summed E-state index contributed by atoms with van der Waals surface area (Å²) >= 11 is 0. The van der Waals surface area contributed by atoms with E-state index in [1.54, 1.807) is 21.0 Å². The lowest BCUT2D eigenvalue weighted by molar-refractivity contribution is -0.248. The fourth-order valence-electron chi connectivity index (χ4n) is 15.0. The van der Waals surface area contributed by atoms with Crippen LogP contribution in [0.2, 0.25) is 0 Å². The van der Waals surface area contributed by atoms with Gasteiger partial charge in [-0.05, 0) is 111 Å². The number of hydrogen-bond acceptors (Lipinski definition) is 10. The van der Waals surface area contributed by atoms with Crippen molar-refractivity contribution in [2.45, 2.75) is 143 Å². The van der Waals surface area contributed by atoms with Crippen LogP contribution >= 0.6 is 0 Å². The fourth-order valence-corrected chi connectivity index (χ4v) is 15.0. The van der Waals surface area contributed by atoms with Gasteiger partial charge in [0.05, 0.1) is 31.0 Å². The molecule has 0 amide bonds. The van der Waals surface area contributed by atoms with E-state index in [0.29, 0.717) is 24.2 Å². The largest absolute Gasteiger partial charge is 0.457 e. The first-order valence-electron chi connectivity index (χ1n) is 21.2. The Labute approximate surface area is 318 Å². The summed E-state index contributed by atoms with van der Waals surface area (Å²) in [5.74, 6) is 1.79. The van der Waals surface area contributed by atoms with Crippen LogP contribution in [0.1, 0.15) is 107 Å². The minimum Gasteiger partial charge on any atom is -0.457 e. The van der Waals surface area contributed by atoms with Crippen LogP contribution in [0.25, 0.3) is 0 Å². The Hall–Kier alpha value is -1.14. The molecule has 0 bridgehead atoms. The average Bonchev–Trinajstić information content (AvgIpc) is 3.70. The van der Waals surface area contributed by atoms with E-state index in [1.165, 1.54) is 26.2 Å². The van der Waals surface area contributed by atoms with Gasteiger partial charge in [-0.15, -0.1) is 0 Å². The molecule has 53 heavy (non-hydrogen) atoms. The maximum Gasteiger partial charge on any atom is 0.303 e. The van der Waals surface area contributed by atoms with Crippen LogP contribution in [0.4, 0.5) is 0 Å². The SMILES string of the molecule is COCCN1CC(CN2CCO[C@@H](O[C@H]3CCC45C[C@]46CC[C@]4(C)[C@@H]7C(OC([C@H](OC(C)=O)C(C)(C)O)C[C@H]7C)C(=O)[C@@]4(C)C6CC[C@H]5C3(C)C)C2)C1. The number of fused-ring (bicyclic) bond motifs is 4. The van der Waals surface area contributed by atoms with Crippen LogP contribution in [0.5, 0.6) is 0 Å². The van der Waals surface area contributed by atoms with E-state index in [1.807, 2.05) is 0 Å². The maximum atomic E-state index is 15.1. The lowest BCUT2D eigenvalue weighted by atomic mass is 9.41. The zero-order valence-electron chi connectivity index (χ0n) is 34.3. The highest BCUT2D eigenvalue weighted by Gasteiger charge is 2.85. The van der Waals surface area contributed by atoms with Crippen LogP contribution in [0.15, 0.2) is 0 Å². The van der Waals surface area contributed by atoms with E-state index < -0.39 is 35.3 Å². The minimum absolute atomic E-state index is 0.0250. The number of Topliss-reactive ketones (excluding diaryl/α,β-unsaturated/α-hetero) is 1. The van der Waals surface area contributed by atoms with Crippen molar-refractivity contribution in [3.05, 3.63) is 0 Å². The molecule has 10 nitrogen and oxygen atoms in total. The molecule has 5 saturated carbocycles. The molecular formula is C43H70N2O8. The van der Waals surface area contributed by atoms with Gasteiger partial charge in [0.15, 0.2) is 18.2 Å². The van der Waals surface area contributed by atoms with E-state index in [4.69, 9.17) is 23.7 Å². The summed E-state index contributed by atoms with van der Waals surface area (Å²) in [6.45, 7) is 24.5. The molecule has 2 spiro atoms. The van der Waals surface area contributed by atoms with Crippen LogP contribution in [0.3, 0.4) is 0 Å². The van der Waals surface area contributed by atoms with Gasteiger partial charge in [0.1, 0.15) is 6.10 Å². The molecule has 0 aromatic carbocycles. The summed E-state index contributed by atoms with van der Waals surface area (Å²) in [4.78, 5) is 32.3. The van der Waals surface area contributed by atoms with Gasteiger partial charge in [-0.25, -0.2) is 0 Å². The number of carbonyl (C=O) groups excluding carboxylic acids is 2. The Morgan fingerprint density at radius 2 is 1.74 bits per heavy atom. The van der Waals surface area contributed by atoms with Gasteiger partial charge in [-0.1, -0.05) is 34.6 Å². The van der Waals surface area contributed by atoms with Crippen molar-refractivity contribution < 1.29 is 38.4 Å². The fraction of sp³-hybridized carbons (Fsp3) is 0.953. The monoisotopic (exact) mass is 743 g/mol. The van der Waals surface area contributed by atoms with Gasteiger partial charge in [0, 0.05) is 64.6 Å². The number of rotatable bonds is 10. The highest BCUT2D eigenvalue weighted by Crippen LogP contribution is 2.89. The Morgan fingerprint density at radius 3 is 2.43 bits per heavy atom. The summed E-state index contributed by atoms with van der Waals surface area (Å²) in [6, 6.07) is 0. The average molecular weight is 743 g/mol. The molecule has 4 unspecified atom stereocenters. The van der Waals surface area contributed by atoms with Gasteiger partial charge in [-0.3, -0.25) is 14.5 Å². The molecule has 1 N–H and O–H groups in total. The number of morpholine rings is 1. The molecule has 3 saturated heterocycles. The van der Waals surface area contributed by atoms with E-state index in [9.17, 15) is 9.90 Å². The lowest BCUT2D eigenvalue weighted by Gasteiger charge is -2.62. The number of methoxy groups -OCH3 is 1. The Balaban J connectivity index is 0.959. The van der Waals surface area contributed by atoms with Crippen LogP contribution in [-0.4, -0.2) is 123 Å². The highest BCUT2D eigenvalue weighted by atomic mass is 16.7. The number of nitrogens with zero attached hydrogens (tertiary/aromatic N) is 2. The molecule has 10 heteroatoms. The van der Waals surface area contributed by atoms with Crippen molar-refractivity contribution in [2.75, 3.05) is 59.6 Å². The zero-order chi connectivity index (χ0) is 37.9. The molecule has 3 aliphatic heterocycles. The highest BCUT2D eigenvalue weighted by molar-refractivity contribution is 5.93. The Morgan fingerprint density at radius 1 is 1.02 bits per heavy atom. The van der Waals surface area contributed by atoms with E-state index >= 15 is 4.79 Å². The van der Waals surface area contributed by atoms with Crippen molar-refractivity contribution in [1.29, 1.82) is 0 Å². The molecule has 0 radical (unpaired) electrons. The van der Waals surface area contributed by atoms with Gasteiger partial charge >= 0.3 is 5.97 Å². The Kier molecular flexibility index (Phi) is 9.65. The summed E-state index contributed by atoms with van der Waals surface area (Å²) in [5, 5.41) is 11.1. The third kappa shape index (κ3) is 5.79. The first-order chi connectivity index (χ1) is 24.9. The van der Waals surface area contributed by atoms with Crippen LogP contribution in [0, 0.1) is 56.7 Å². The summed E-state index contributed by atoms with van der Waals surface area (Å²) < 4.78 is 31.0. The van der Waals surface area contributed by atoms with Crippen LogP contribution in [-0.2, 0) is 33.3 Å². The molecule has 5 aliphatic carbocycles. The zero-order valence-corrected chi connectivity index (χ0v) is 34.3. The van der Waals surface area contributed by atoms with Gasteiger partial charge in [-0.2, -0.15) is 0 Å². The topological polar surface area (TPSA) is 107 Å². The molecule has 0 aromatic rings. The molecule has 13 atom stereocenters. The smallest absolute Gasteiger partial charge is 0.303 e. The normalized spacial score (nSPS) is 47.3. The van der Waals surface area contributed by atoms with Gasteiger partial charge < -0.3 is 33.7 Å².